The highest BCUT2D eigenvalue weighted by Gasteiger charge is 2.42. The lowest BCUT2D eigenvalue weighted by atomic mass is 9.92. The fourth-order valence-corrected chi connectivity index (χ4v) is 1.80. The number of amides is 1. The van der Waals surface area contributed by atoms with E-state index in [1.54, 1.807) is 14.2 Å². The summed E-state index contributed by atoms with van der Waals surface area (Å²) in [4.78, 5) is 15.9. The average Bonchev–Trinajstić information content (AvgIpc) is 2.66. The second-order valence-corrected chi connectivity index (χ2v) is 4.00. The third-order valence-corrected chi connectivity index (χ3v) is 2.95. The predicted molar refractivity (Wildman–Crippen MR) is 65.0 cm³/mol. The van der Waals surface area contributed by atoms with Gasteiger partial charge in [0.1, 0.15) is 11.3 Å². The molecule has 0 spiro atoms. The Balaban J connectivity index is 2.35. The van der Waals surface area contributed by atoms with E-state index >= 15 is 0 Å². The van der Waals surface area contributed by atoms with Gasteiger partial charge in [0, 0.05) is 7.05 Å². The van der Waals surface area contributed by atoms with Gasteiger partial charge in [0.2, 0.25) is 0 Å². The molecule has 1 aromatic rings. The van der Waals surface area contributed by atoms with Gasteiger partial charge in [0.25, 0.3) is 5.91 Å². The zero-order valence-corrected chi connectivity index (χ0v) is 10.1. The number of carbonyl (C=O) groups excluding carboxylic acids is 1. The minimum absolute atomic E-state index is 0.108. The molecule has 1 aliphatic heterocycles. The molecule has 5 heteroatoms. The Kier molecular flexibility index (Phi) is 2.75. The van der Waals surface area contributed by atoms with Crippen LogP contribution in [0.5, 0.6) is 5.75 Å². The van der Waals surface area contributed by atoms with Crippen LogP contribution in [0.4, 0.5) is 0 Å². The summed E-state index contributed by atoms with van der Waals surface area (Å²) in [6.45, 7) is 1.82. The molecular weight excluding hydrogens is 218 g/mol. The molecule has 1 aromatic carbocycles. The third kappa shape index (κ3) is 1.84. The molecule has 90 valence electrons. The summed E-state index contributed by atoms with van der Waals surface area (Å²) in [6.07, 6.45) is 0. The van der Waals surface area contributed by atoms with Crippen LogP contribution < -0.4 is 15.4 Å². The highest BCUT2D eigenvalue weighted by molar-refractivity contribution is 6.09. The van der Waals surface area contributed by atoms with Gasteiger partial charge in [-0.2, -0.15) is 0 Å². The van der Waals surface area contributed by atoms with Crippen molar-refractivity contribution in [2.45, 2.75) is 12.5 Å². The molecule has 5 nitrogen and oxygen atoms in total. The number of benzene rings is 1. The van der Waals surface area contributed by atoms with Crippen LogP contribution in [0.15, 0.2) is 29.3 Å². The minimum Gasteiger partial charge on any atom is -0.497 e. The third-order valence-electron chi connectivity index (χ3n) is 2.95. The first-order chi connectivity index (χ1) is 8.10. The lowest BCUT2D eigenvalue weighted by Gasteiger charge is -2.21. The van der Waals surface area contributed by atoms with Crippen LogP contribution >= 0.6 is 0 Å². The number of guanidine groups is 1. The van der Waals surface area contributed by atoms with E-state index in [0.29, 0.717) is 5.96 Å². The van der Waals surface area contributed by atoms with E-state index in [-0.39, 0.29) is 5.91 Å². The second-order valence-electron chi connectivity index (χ2n) is 4.00. The van der Waals surface area contributed by atoms with E-state index < -0.39 is 5.54 Å². The molecule has 1 heterocycles. The van der Waals surface area contributed by atoms with Crippen LogP contribution in [-0.4, -0.2) is 26.0 Å². The molecule has 1 aliphatic rings. The Labute approximate surface area is 99.9 Å². The van der Waals surface area contributed by atoms with Crippen LogP contribution in [0, 0.1) is 0 Å². The van der Waals surface area contributed by atoms with Crippen LogP contribution in [-0.2, 0) is 10.3 Å². The first-order valence-corrected chi connectivity index (χ1v) is 5.31. The molecule has 1 saturated heterocycles. The maximum absolute atomic E-state index is 11.9. The van der Waals surface area contributed by atoms with E-state index in [1.165, 1.54) is 0 Å². The fourth-order valence-electron chi connectivity index (χ4n) is 1.80. The van der Waals surface area contributed by atoms with Crippen molar-refractivity contribution in [1.29, 1.82) is 0 Å². The molecule has 2 rings (SSSR count). The Morgan fingerprint density at radius 1 is 1.29 bits per heavy atom. The minimum atomic E-state index is -0.777. The average molecular weight is 233 g/mol. The quantitative estimate of drug-likeness (QED) is 0.787. The standard InChI is InChI=1S/C12H15N3O2/c1-12(10(16)14-11(13-2)15-12)8-4-6-9(17-3)7-5-8/h4-7H,1-3H3,(H2,13,14,15,16). The highest BCUT2D eigenvalue weighted by Crippen LogP contribution is 2.25. The maximum Gasteiger partial charge on any atom is 0.256 e. The zero-order valence-electron chi connectivity index (χ0n) is 10.1. The van der Waals surface area contributed by atoms with E-state index in [2.05, 4.69) is 15.6 Å². The van der Waals surface area contributed by atoms with Crippen molar-refractivity contribution in [3.8, 4) is 5.75 Å². The molecule has 2 N–H and O–H groups in total. The van der Waals surface area contributed by atoms with Crippen LogP contribution in [0.25, 0.3) is 0 Å². The number of hydrogen-bond donors (Lipinski definition) is 2. The van der Waals surface area contributed by atoms with Crippen molar-refractivity contribution in [2.75, 3.05) is 14.2 Å². The number of aliphatic imine (C=N–C) groups is 1. The van der Waals surface area contributed by atoms with Crippen LogP contribution in [0.1, 0.15) is 12.5 Å². The number of carbonyl (C=O) groups is 1. The number of methoxy groups -OCH3 is 1. The van der Waals surface area contributed by atoms with Crippen LogP contribution in [0.2, 0.25) is 0 Å². The van der Waals surface area contributed by atoms with E-state index in [1.807, 2.05) is 31.2 Å². The van der Waals surface area contributed by atoms with Crippen molar-refractivity contribution in [3.05, 3.63) is 29.8 Å². The van der Waals surface area contributed by atoms with Crippen molar-refractivity contribution in [3.63, 3.8) is 0 Å². The van der Waals surface area contributed by atoms with Crippen molar-refractivity contribution in [2.24, 2.45) is 4.99 Å². The van der Waals surface area contributed by atoms with Crippen molar-refractivity contribution < 1.29 is 9.53 Å². The monoisotopic (exact) mass is 233 g/mol. The van der Waals surface area contributed by atoms with Gasteiger partial charge in [-0.25, -0.2) is 0 Å². The van der Waals surface area contributed by atoms with Gasteiger partial charge in [0.15, 0.2) is 5.96 Å². The van der Waals surface area contributed by atoms with Crippen LogP contribution in [0.3, 0.4) is 0 Å². The summed E-state index contributed by atoms with van der Waals surface area (Å²) in [5.74, 6) is 1.15. The molecule has 0 saturated carbocycles. The number of nitrogens with one attached hydrogen (secondary N) is 2. The molecule has 1 unspecified atom stereocenters. The van der Waals surface area contributed by atoms with E-state index in [4.69, 9.17) is 4.74 Å². The number of hydrogen-bond acceptors (Lipinski definition) is 3. The van der Waals surface area contributed by atoms with Gasteiger partial charge in [-0.15, -0.1) is 0 Å². The van der Waals surface area contributed by atoms with Gasteiger partial charge >= 0.3 is 0 Å². The topological polar surface area (TPSA) is 62.7 Å². The first kappa shape index (κ1) is 11.4. The lowest BCUT2D eigenvalue weighted by molar-refractivity contribution is -0.123. The fraction of sp³-hybridized carbons (Fsp3) is 0.333. The molecular formula is C12H15N3O2. The predicted octanol–water partition coefficient (Wildman–Crippen LogP) is 0.616. The summed E-state index contributed by atoms with van der Waals surface area (Å²) in [5, 5.41) is 5.76. The van der Waals surface area contributed by atoms with Crippen molar-refractivity contribution >= 4 is 11.9 Å². The Morgan fingerprint density at radius 3 is 2.41 bits per heavy atom. The normalized spacial score (nSPS) is 25.6. The number of ether oxygens (including phenoxy) is 1. The van der Waals surface area contributed by atoms with Gasteiger partial charge in [-0.1, -0.05) is 12.1 Å². The maximum atomic E-state index is 11.9. The Hall–Kier alpha value is -2.04. The highest BCUT2D eigenvalue weighted by atomic mass is 16.5. The van der Waals surface area contributed by atoms with E-state index in [0.717, 1.165) is 11.3 Å². The first-order valence-electron chi connectivity index (χ1n) is 5.31. The summed E-state index contributed by atoms with van der Waals surface area (Å²) < 4.78 is 5.09. The summed E-state index contributed by atoms with van der Waals surface area (Å²) in [6, 6.07) is 7.39. The van der Waals surface area contributed by atoms with E-state index in [9.17, 15) is 4.79 Å². The molecule has 1 fully saturated rings. The smallest absolute Gasteiger partial charge is 0.256 e. The summed E-state index contributed by atoms with van der Waals surface area (Å²) in [5.41, 5.74) is 0.0932. The molecule has 0 aliphatic carbocycles. The largest absolute Gasteiger partial charge is 0.497 e. The molecule has 0 radical (unpaired) electrons. The Bertz CT molecular complexity index is 467. The van der Waals surface area contributed by atoms with Gasteiger partial charge in [0.05, 0.1) is 7.11 Å². The molecule has 1 amide bonds. The number of rotatable bonds is 2. The molecule has 0 aromatic heterocycles. The zero-order chi connectivity index (χ0) is 12.5. The second kappa shape index (κ2) is 4.08. The number of nitrogens with zero attached hydrogens (tertiary/aromatic N) is 1. The Morgan fingerprint density at radius 2 is 1.94 bits per heavy atom. The SMILES string of the molecule is CN=C1NC(=O)C(C)(c2ccc(OC)cc2)N1. The van der Waals surface area contributed by atoms with Crippen molar-refractivity contribution in [1.82, 2.24) is 10.6 Å². The summed E-state index contributed by atoms with van der Waals surface area (Å²) >= 11 is 0. The molecule has 0 bridgehead atoms. The van der Waals surface area contributed by atoms with Gasteiger partial charge in [-0.3, -0.25) is 15.1 Å². The summed E-state index contributed by atoms with van der Waals surface area (Å²) in [7, 11) is 3.24. The lowest BCUT2D eigenvalue weighted by Crippen LogP contribution is -2.40. The van der Waals surface area contributed by atoms with Gasteiger partial charge in [-0.05, 0) is 24.6 Å². The van der Waals surface area contributed by atoms with Gasteiger partial charge < -0.3 is 10.1 Å². The molecule has 1 atom stereocenters. The molecule has 17 heavy (non-hydrogen) atoms.